The molecular weight excluding hydrogens is 727 g/mol. The summed E-state index contributed by atoms with van der Waals surface area (Å²) in [5.41, 5.74) is 12.6. The molecule has 60 heavy (non-hydrogen) atoms. The smallest absolute Gasteiger partial charge is 0.142 e. The van der Waals surface area contributed by atoms with Gasteiger partial charge in [0.15, 0.2) is 0 Å². The Morgan fingerprint density at radius 1 is 0.367 bits per heavy atom. The lowest BCUT2D eigenvalue weighted by molar-refractivity contribution is 0.547. The summed E-state index contributed by atoms with van der Waals surface area (Å²) in [5, 5.41) is 11.3. The molecule has 0 fully saturated rings. The van der Waals surface area contributed by atoms with E-state index in [1.807, 2.05) is 0 Å². The van der Waals surface area contributed by atoms with E-state index in [2.05, 4.69) is 217 Å². The van der Waals surface area contributed by atoms with E-state index >= 15 is 0 Å². The Kier molecular flexibility index (Phi) is 8.02. The SMILES string of the molecule is C1=Cc2c(oc3c(-c4ccc(N(c5ccc(-c6cc7ccccc7c7ccccc67)cc5)c5ccc(-c6cc7ccccc7c7ccccc67)cc5)cc4)cccc23)CC1. The van der Waals surface area contributed by atoms with Gasteiger partial charge >= 0.3 is 0 Å². The molecule has 11 aromatic rings. The lowest BCUT2D eigenvalue weighted by atomic mass is 9.93. The number of furan rings is 1. The number of nitrogens with zero attached hydrogens (tertiary/aromatic N) is 1. The normalized spacial score (nSPS) is 12.5. The number of allylic oxidation sites excluding steroid dienone is 1. The summed E-state index contributed by atoms with van der Waals surface area (Å²) >= 11 is 0. The number of rotatable bonds is 6. The van der Waals surface area contributed by atoms with E-state index in [0.29, 0.717) is 0 Å². The van der Waals surface area contributed by atoms with Crippen molar-refractivity contribution in [3.8, 4) is 33.4 Å². The fourth-order valence-corrected chi connectivity index (χ4v) is 9.60. The van der Waals surface area contributed by atoms with Crippen LogP contribution in [0.5, 0.6) is 0 Å². The zero-order valence-electron chi connectivity index (χ0n) is 33.0. The quantitative estimate of drug-likeness (QED) is 0.157. The van der Waals surface area contributed by atoms with Crippen LogP contribution < -0.4 is 4.90 Å². The number of anilines is 3. The molecule has 0 N–H and O–H groups in total. The average molecular weight is 766 g/mol. The second kappa shape index (κ2) is 14.0. The molecule has 0 amide bonds. The molecule has 0 unspecified atom stereocenters. The predicted octanol–water partition coefficient (Wildman–Crippen LogP) is 16.5. The van der Waals surface area contributed by atoms with Crippen LogP contribution in [0.15, 0.2) is 211 Å². The van der Waals surface area contributed by atoms with Gasteiger partial charge in [-0.2, -0.15) is 0 Å². The highest BCUT2D eigenvalue weighted by Gasteiger charge is 2.19. The Morgan fingerprint density at radius 2 is 0.800 bits per heavy atom. The minimum Gasteiger partial charge on any atom is -0.460 e. The van der Waals surface area contributed by atoms with Crippen LogP contribution >= 0.6 is 0 Å². The largest absolute Gasteiger partial charge is 0.460 e. The number of para-hydroxylation sites is 1. The van der Waals surface area contributed by atoms with Gasteiger partial charge in [-0.05, 0) is 126 Å². The van der Waals surface area contributed by atoms with E-state index in [1.165, 1.54) is 76.3 Å². The molecule has 0 saturated carbocycles. The fraction of sp³-hybridized carbons (Fsp3) is 0.0345. The van der Waals surface area contributed by atoms with Gasteiger partial charge in [0.2, 0.25) is 0 Å². The molecule has 12 rings (SSSR count). The van der Waals surface area contributed by atoms with Gasteiger partial charge in [0.05, 0.1) is 0 Å². The molecule has 0 saturated heterocycles. The highest BCUT2D eigenvalue weighted by molar-refractivity contribution is 6.15. The van der Waals surface area contributed by atoms with E-state index < -0.39 is 0 Å². The average Bonchev–Trinajstić information content (AvgIpc) is 3.71. The highest BCUT2D eigenvalue weighted by Crippen LogP contribution is 2.43. The van der Waals surface area contributed by atoms with Crippen LogP contribution in [0.4, 0.5) is 17.1 Å². The molecule has 10 aromatic carbocycles. The molecule has 0 spiro atoms. The number of hydrogen-bond acceptors (Lipinski definition) is 2. The van der Waals surface area contributed by atoms with Crippen molar-refractivity contribution in [2.45, 2.75) is 12.8 Å². The van der Waals surface area contributed by atoms with Crippen molar-refractivity contribution in [1.29, 1.82) is 0 Å². The van der Waals surface area contributed by atoms with E-state index in [0.717, 1.165) is 52.4 Å². The molecule has 0 radical (unpaired) electrons. The van der Waals surface area contributed by atoms with Gasteiger partial charge in [-0.15, -0.1) is 0 Å². The standard InChI is InChI=1S/C58H39NO/c1-3-14-46-41(12-1)36-55(51-18-7-5-16-49(46)51)39-26-32-44(33-27-39)59(43-30-24-38(25-31-43)48-21-11-22-54-53-20-9-10-23-57(53)60-58(48)54)45-34-28-40(29-35-45)56-37-42-13-2-4-15-47(42)50-17-6-8-19-52(50)56/h1-9,11-22,24-37H,10,23H2. The number of fused-ring (bicyclic) bond motifs is 9. The van der Waals surface area contributed by atoms with E-state index in [-0.39, 0.29) is 0 Å². The first-order valence-electron chi connectivity index (χ1n) is 20.9. The van der Waals surface area contributed by atoms with Crippen LogP contribution in [-0.4, -0.2) is 0 Å². The van der Waals surface area contributed by atoms with E-state index in [1.54, 1.807) is 0 Å². The Labute approximate surface area is 348 Å². The minimum absolute atomic E-state index is 0.944. The second-order valence-electron chi connectivity index (χ2n) is 15.9. The maximum atomic E-state index is 6.53. The first kappa shape index (κ1) is 34.4. The molecule has 282 valence electrons. The monoisotopic (exact) mass is 765 g/mol. The van der Waals surface area contributed by atoms with Crippen LogP contribution in [0.1, 0.15) is 17.7 Å². The summed E-state index contributed by atoms with van der Waals surface area (Å²) in [6.07, 6.45) is 6.43. The molecule has 1 aromatic heterocycles. The highest BCUT2D eigenvalue weighted by atomic mass is 16.3. The number of benzene rings is 10. The van der Waals surface area contributed by atoms with Crippen molar-refractivity contribution in [3.63, 3.8) is 0 Å². The second-order valence-corrected chi connectivity index (χ2v) is 15.9. The first-order chi connectivity index (χ1) is 29.7. The lowest BCUT2D eigenvalue weighted by Gasteiger charge is -2.26. The summed E-state index contributed by atoms with van der Waals surface area (Å²) in [7, 11) is 0. The van der Waals surface area contributed by atoms with Crippen LogP contribution in [-0.2, 0) is 6.42 Å². The van der Waals surface area contributed by atoms with Gasteiger partial charge in [-0.1, -0.05) is 164 Å². The molecule has 0 bridgehead atoms. The van der Waals surface area contributed by atoms with Gasteiger partial charge in [0.25, 0.3) is 0 Å². The third-order valence-electron chi connectivity index (χ3n) is 12.5. The van der Waals surface area contributed by atoms with E-state index in [9.17, 15) is 0 Å². The zero-order chi connectivity index (χ0) is 39.6. The summed E-state index contributed by atoms with van der Waals surface area (Å²) in [5.74, 6) is 1.09. The van der Waals surface area contributed by atoms with Crippen LogP contribution in [0.2, 0.25) is 0 Å². The summed E-state index contributed by atoms with van der Waals surface area (Å²) in [6.45, 7) is 0. The number of aryl methyl sites for hydroxylation is 1. The third kappa shape index (κ3) is 5.64. The Balaban J connectivity index is 0.970. The Bertz CT molecular complexity index is 3300. The van der Waals surface area contributed by atoms with Crippen molar-refractivity contribution < 1.29 is 4.42 Å². The Hall–Kier alpha value is -7.68. The molecule has 0 aliphatic heterocycles. The van der Waals surface area contributed by atoms with Crippen LogP contribution in [0, 0.1) is 0 Å². The zero-order valence-corrected chi connectivity index (χ0v) is 33.0. The third-order valence-corrected chi connectivity index (χ3v) is 12.5. The van der Waals surface area contributed by atoms with Crippen molar-refractivity contribution in [1.82, 2.24) is 0 Å². The Morgan fingerprint density at radius 3 is 1.32 bits per heavy atom. The predicted molar refractivity (Wildman–Crippen MR) is 255 cm³/mol. The summed E-state index contributed by atoms with van der Waals surface area (Å²) in [4.78, 5) is 2.37. The van der Waals surface area contributed by atoms with Gasteiger partial charge in [-0.25, -0.2) is 0 Å². The molecule has 2 heteroatoms. The maximum absolute atomic E-state index is 6.53. The fourth-order valence-electron chi connectivity index (χ4n) is 9.60. The first-order valence-corrected chi connectivity index (χ1v) is 20.9. The van der Waals surface area contributed by atoms with Crippen molar-refractivity contribution in [2.24, 2.45) is 0 Å². The van der Waals surface area contributed by atoms with Crippen molar-refractivity contribution in [2.75, 3.05) is 4.90 Å². The topological polar surface area (TPSA) is 16.4 Å². The molecular formula is C58H39NO. The maximum Gasteiger partial charge on any atom is 0.142 e. The molecule has 1 heterocycles. The van der Waals surface area contributed by atoms with Crippen molar-refractivity contribution in [3.05, 3.63) is 218 Å². The van der Waals surface area contributed by atoms with Gasteiger partial charge in [0.1, 0.15) is 11.3 Å². The van der Waals surface area contributed by atoms with Crippen molar-refractivity contribution >= 4 is 77.2 Å². The molecule has 0 atom stereocenters. The summed E-state index contributed by atoms with van der Waals surface area (Å²) < 4.78 is 6.53. The van der Waals surface area contributed by atoms with Gasteiger partial charge in [0, 0.05) is 40.0 Å². The molecule has 2 nitrogen and oxygen atoms in total. The minimum atomic E-state index is 0.944. The number of hydrogen-bond donors (Lipinski definition) is 0. The molecule has 1 aliphatic carbocycles. The summed E-state index contributed by atoms with van der Waals surface area (Å²) in [6, 6.07) is 73.2. The van der Waals surface area contributed by atoms with Crippen LogP contribution in [0.3, 0.4) is 0 Å². The van der Waals surface area contributed by atoms with Gasteiger partial charge < -0.3 is 9.32 Å². The lowest BCUT2D eigenvalue weighted by Crippen LogP contribution is -2.09. The van der Waals surface area contributed by atoms with Crippen LogP contribution in [0.25, 0.3) is 93.5 Å². The van der Waals surface area contributed by atoms with Gasteiger partial charge in [-0.3, -0.25) is 0 Å². The molecule has 1 aliphatic rings. The van der Waals surface area contributed by atoms with E-state index in [4.69, 9.17) is 4.42 Å².